The number of hydrogen-bond donors (Lipinski definition) is 2. The maximum Gasteiger partial charge on any atom is 0.134 e. The number of nitrogen functional groups attached to an aromatic ring is 2. The molecule has 0 bridgehead atoms. The molecule has 0 aromatic heterocycles. The average molecular weight is 439 g/mol. The minimum atomic E-state index is -0.398. The summed E-state index contributed by atoms with van der Waals surface area (Å²) >= 11 is 0. The Bertz CT molecular complexity index is 1160. The van der Waals surface area contributed by atoms with Crippen LogP contribution in [0.2, 0.25) is 0 Å². The quantitative estimate of drug-likeness (QED) is 0.308. The molecule has 4 nitrogen and oxygen atoms in total. The number of aryl methyl sites for hydroxylation is 2. The van der Waals surface area contributed by atoms with Crippen LogP contribution >= 0.6 is 0 Å². The van der Waals surface area contributed by atoms with Crippen molar-refractivity contribution in [1.82, 2.24) is 0 Å². The van der Waals surface area contributed by atoms with Crippen LogP contribution in [0.15, 0.2) is 84.9 Å². The molecule has 0 radical (unpaired) electrons. The lowest BCUT2D eigenvalue weighted by Crippen LogP contribution is -2.21. The largest absolute Gasteiger partial charge is 0.457 e. The van der Waals surface area contributed by atoms with Crippen molar-refractivity contribution in [2.24, 2.45) is 0 Å². The van der Waals surface area contributed by atoms with Gasteiger partial charge in [0.1, 0.15) is 23.0 Å². The highest BCUT2D eigenvalue weighted by Crippen LogP contribution is 2.45. The van der Waals surface area contributed by atoms with Crippen molar-refractivity contribution < 1.29 is 9.47 Å². The minimum absolute atomic E-state index is 0.398. The molecule has 168 valence electrons. The van der Waals surface area contributed by atoms with E-state index in [1.165, 1.54) is 0 Å². The molecule has 0 aliphatic carbocycles. The Morgan fingerprint density at radius 1 is 0.545 bits per heavy atom. The molecule has 4 aromatic carbocycles. The predicted molar refractivity (Wildman–Crippen MR) is 136 cm³/mol. The third-order valence-electron chi connectivity index (χ3n) is 5.97. The molecule has 4 N–H and O–H groups in total. The van der Waals surface area contributed by atoms with Gasteiger partial charge in [-0.1, -0.05) is 50.2 Å². The van der Waals surface area contributed by atoms with E-state index in [0.717, 1.165) is 45.3 Å². The molecule has 4 rings (SSSR count). The SMILES string of the molecule is Cc1cccc(C(C)(C)c2cccc(C)c2Oc2ccc(N)cc2)c1Oc1ccc(N)cc1. The van der Waals surface area contributed by atoms with E-state index in [0.29, 0.717) is 11.4 Å². The zero-order chi connectivity index (χ0) is 23.6. The number of rotatable bonds is 6. The Morgan fingerprint density at radius 2 is 0.909 bits per heavy atom. The van der Waals surface area contributed by atoms with E-state index in [1.54, 1.807) is 0 Å². The first-order valence-electron chi connectivity index (χ1n) is 11.0. The zero-order valence-electron chi connectivity index (χ0n) is 19.6. The van der Waals surface area contributed by atoms with E-state index in [2.05, 4.69) is 64.1 Å². The number of benzene rings is 4. The lowest BCUT2D eigenvalue weighted by molar-refractivity contribution is 0.441. The monoisotopic (exact) mass is 438 g/mol. The Hall–Kier alpha value is -3.92. The van der Waals surface area contributed by atoms with Crippen molar-refractivity contribution in [2.45, 2.75) is 33.1 Å². The summed E-state index contributed by atoms with van der Waals surface area (Å²) in [4.78, 5) is 0. The second-order valence-corrected chi connectivity index (χ2v) is 8.87. The molecule has 0 heterocycles. The summed E-state index contributed by atoms with van der Waals surface area (Å²) in [5, 5.41) is 0. The smallest absolute Gasteiger partial charge is 0.134 e. The highest BCUT2D eigenvalue weighted by Gasteiger charge is 2.31. The van der Waals surface area contributed by atoms with Crippen molar-refractivity contribution in [2.75, 3.05) is 11.5 Å². The summed E-state index contributed by atoms with van der Waals surface area (Å²) in [6.45, 7) is 8.52. The second-order valence-electron chi connectivity index (χ2n) is 8.87. The molecule has 0 aliphatic heterocycles. The Morgan fingerprint density at radius 3 is 1.27 bits per heavy atom. The van der Waals surface area contributed by atoms with Gasteiger partial charge in [0.15, 0.2) is 0 Å². The summed E-state index contributed by atoms with van der Waals surface area (Å²) in [6, 6.07) is 27.4. The highest BCUT2D eigenvalue weighted by atomic mass is 16.5. The number of hydrogen-bond acceptors (Lipinski definition) is 4. The molecule has 0 spiro atoms. The molecular weight excluding hydrogens is 408 g/mol. The summed E-state index contributed by atoms with van der Waals surface area (Å²) in [5.74, 6) is 3.18. The molecule has 0 saturated carbocycles. The van der Waals surface area contributed by atoms with Crippen molar-refractivity contribution in [3.05, 3.63) is 107 Å². The first kappa shape index (κ1) is 22.3. The zero-order valence-corrected chi connectivity index (χ0v) is 19.6. The van der Waals surface area contributed by atoms with Gasteiger partial charge in [-0.15, -0.1) is 0 Å². The minimum Gasteiger partial charge on any atom is -0.457 e. The van der Waals surface area contributed by atoms with Crippen LogP contribution in [0.25, 0.3) is 0 Å². The van der Waals surface area contributed by atoms with Gasteiger partial charge in [0.2, 0.25) is 0 Å². The van der Waals surface area contributed by atoms with Gasteiger partial charge in [0, 0.05) is 27.9 Å². The summed E-state index contributed by atoms with van der Waals surface area (Å²) < 4.78 is 12.8. The molecule has 4 heteroatoms. The maximum absolute atomic E-state index is 6.39. The average Bonchev–Trinajstić information content (AvgIpc) is 2.79. The molecule has 0 aliphatic rings. The summed E-state index contributed by atoms with van der Waals surface area (Å²) in [5.41, 5.74) is 17.0. The fourth-order valence-electron chi connectivity index (χ4n) is 4.01. The maximum atomic E-state index is 6.39. The third kappa shape index (κ3) is 4.65. The predicted octanol–water partition coefficient (Wildman–Crippen LogP) is 7.38. The second kappa shape index (κ2) is 8.91. The Balaban J connectivity index is 1.79. The van der Waals surface area contributed by atoms with Crippen LogP contribution in [-0.2, 0) is 5.41 Å². The van der Waals surface area contributed by atoms with Crippen LogP contribution < -0.4 is 20.9 Å². The van der Waals surface area contributed by atoms with Gasteiger partial charge in [-0.25, -0.2) is 0 Å². The fourth-order valence-corrected chi connectivity index (χ4v) is 4.01. The molecule has 0 saturated heterocycles. The first-order chi connectivity index (χ1) is 15.8. The van der Waals surface area contributed by atoms with Crippen LogP contribution in [0.3, 0.4) is 0 Å². The van der Waals surface area contributed by atoms with Crippen LogP contribution in [0.4, 0.5) is 11.4 Å². The highest BCUT2D eigenvalue weighted by molar-refractivity contribution is 5.57. The van der Waals surface area contributed by atoms with Crippen molar-refractivity contribution in [3.8, 4) is 23.0 Å². The van der Waals surface area contributed by atoms with E-state index in [-0.39, 0.29) is 0 Å². The van der Waals surface area contributed by atoms with E-state index < -0.39 is 5.41 Å². The lowest BCUT2D eigenvalue weighted by atomic mass is 9.76. The van der Waals surface area contributed by atoms with Crippen LogP contribution in [0, 0.1) is 13.8 Å². The summed E-state index contributed by atoms with van der Waals surface area (Å²) in [7, 11) is 0. The van der Waals surface area contributed by atoms with E-state index in [1.807, 2.05) is 48.5 Å². The van der Waals surface area contributed by atoms with Crippen LogP contribution in [0.1, 0.15) is 36.1 Å². The molecule has 0 atom stereocenters. The van der Waals surface area contributed by atoms with Gasteiger partial charge in [0.25, 0.3) is 0 Å². The van der Waals surface area contributed by atoms with Gasteiger partial charge in [-0.2, -0.15) is 0 Å². The van der Waals surface area contributed by atoms with Crippen molar-refractivity contribution in [1.29, 1.82) is 0 Å². The molecule has 33 heavy (non-hydrogen) atoms. The molecule has 0 unspecified atom stereocenters. The molecule has 4 aromatic rings. The Labute approximate surface area is 195 Å². The van der Waals surface area contributed by atoms with Crippen LogP contribution in [0.5, 0.6) is 23.0 Å². The number of anilines is 2. The van der Waals surface area contributed by atoms with Gasteiger partial charge >= 0.3 is 0 Å². The van der Waals surface area contributed by atoms with Gasteiger partial charge in [0.05, 0.1) is 0 Å². The number of para-hydroxylation sites is 2. The van der Waals surface area contributed by atoms with Gasteiger partial charge < -0.3 is 20.9 Å². The fraction of sp³-hybridized carbons (Fsp3) is 0.172. The lowest BCUT2D eigenvalue weighted by Gasteiger charge is -2.31. The van der Waals surface area contributed by atoms with Gasteiger partial charge in [-0.05, 0) is 73.5 Å². The molecule has 0 fully saturated rings. The number of nitrogens with two attached hydrogens (primary N) is 2. The molecular formula is C29H30N2O2. The van der Waals surface area contributed by atoms with E-state index in [4.69, 9.17) is 20.9 Å². The van der Waals surface area contributed by atoms with Gasteiger partial charge in [-0.3, -0.25) is 0 Å². The standard InChI is InChI=1S/C29H30N2O2/c1-19-7-5-9-25(27(19)32-23-15-11-21(30)12-16-23)29(3,4)26-10-6-8-20(2)28(26)33-24-17-13-22(31)14-18-24/h5-18H,30-31H2,1-4H3. The van der Waals surface area contributed by atoms with Crippen molar-refractivity contribution in [3.63, 3.8) is 0 Å². The normalized spacial score (nSPS) is 11.3. The Kier molecular flexibility index (Phi) is 6.01. The topological polar surface area (TPSA) is 70.5 Å². The number of ether oxygens (including phenoxy) is 2. The van der Waals surface area contributed by atoms with Crippen LogP contribution in [-0.4, -0.2) is 0 Å². The van der Waals surface area contributed by atoms with Crippen molar-refractivity contribution >= 4 is 11.4 Å². The molecule has 0 amide bonds. The van der Waals surface area contributed by atoms with E-state index >= 15 is 0 Å². The van der Waals surface area contributed by atoms with E-state index in [9.17, 15) is 0 Å². The summed E-state index contributed by atoms with van der Waals surface area (Å²) in [6.07, 6.45) is 0. The first-order valence-corrected chi connectivity index (χ1v) is 11.0. The third-order valence-corrected chi connectivity index (χ3v) is 5.97.